The summed E-state index contributed by atoms with van der Waals surface area (Å²) in [7, 11) is -3.46. The maximum absolute atomic E-state index is 12.5. The van der Waals surface area contributed by atoms with E-state index in [2.05, 4.69) is 28.0 Å². The first-order valence-electron chi connectivity index (χ1n) is 6.65. The standard InChI is InChI=1S/C14H18BrN3O2S/c1-3-10(2)18-7-6-12(17-18)9-21(19,20)14-5-4-11(16)8-13(14)15/h4-8,10H,3,9,16H2,1-2H3. The van der Waals surface area contributed by atoms with Crippen LogP contribution in [0.25, 0.3) is 0 Å². The number of nitrogens with two attached hydrogens (primary N) is 1. The minimum absolute atomic E-state index is 0.126. The maximum atomic E-state index is 12.5. The van der Waals surface area contributed by atoms with Crippen LogP contribution in [0.1, 0.15) is 32.0 Å². The Balaban J connectivity index is 2.27. The van der Waals surface area contributed by atoms with E-state index in [4.69, 9.17) is 5.73 Å². The second kappa shape index (κ2) is 6.19. The molecule has 0 aliphatic carbocycles. The molecule has 21 heavy (non-hydrogen) atoms. The summed E-state index contributed by atoms with van der Waals surface area (Å²) in [5.74, 6) is -0.126. The average molecular weight is 372 g/mol. The van der Waals surface area contributed by atoms with E-state index in [0.717, 1.165) is 6.42 Å². The average Bonchev–Trinajstić information content (AvgIpc) is 2.85. The van der Waals surface area contributed by atoms with Gasteiger partial charge >= 0.3 is 0 Å². The largest absolute Gasteiger partial charge is 0.399 e. The van der Waals surface area contributed by atoms with Gasteiger partial charge in [0.25, 0.3) is 0 Å². The van der Waals surface area contributed by atoms with Gasteiger partial charge in [0.1, 0.15) is 0 Å². The molecule has 1 unspecified atom stereocenters. The molecule has 114 valence electrons. The predicted molar refractivity (Wildman–Crippen MR) is 86.7 cm³/mol. The van der Waals surface area contributed by atoms with Crippen molar-refractivity contribution in [3.63, 3.8) is 0 Å². The lowest BCUT2D eigenvalue weighted by Crippen LogP contribution is -2.09. The highest BCUT2D eigenvalue weighted by Crippen LogP contribution is 2.27. The van der Waals surface area contributed by atoms with Gasteiger partial charge in [-0.2, -0.15) is 5.10 Å². The number of hydrogen-bond donors (Lipinski definition) is 1. The van der Waals surface area contributed by atoms with Crippen LogP contribution in [-0.2, 0) is 15.6 Å². The Hall–Kier alpha value is -1.34. The van der Waals surface area contributed by atoms with E-state index in [1.54, 1.807) is 22.9 Å². The third kappa shape index (κ3) is 3.65. The zero-order valence-electron chi connectivity index (χ0n) is 12.0. The molecule has 1 aromatic heterocycles. The van der Waals surface area contributed by atoms with Crippen molar-refractivity contribution in [1.29, 1.82) is 0 Å². The third-order valence-corrected chi connectivity index (χ3v) is 5.96. The van der Waals surface area contributed by atoms with Crippen molar-refractivity contribution in [1.82, 2.24) is 9.78 Å². The van der Waals surface area contributed by atoms with Crippen LogP contribution in [0.3, 0.4) is 0 Å². The third-order valence-electron chi connectivity index (χ3n) is 3.33. The molecule has 0 saturated carbocycles. The van der Waals surface area contributed by atoms with E-state index in [0.29, 0.717) is 15.9 Å². The van der Waals surface area contributed by atoms with Crippen molar-refractivity contribution in [3.8, 4) is 0 Å². The van der Waals surface area contributed by atoms with Crippen LogP contribution < -0.4 is 5.73 Å². The molecule has 2 rings (SSSR count). The number of rotatable bonds is 5. The van der Waals surface area contributed by atoms with Crippen LogP contribution in [0.15, 0.2) is 39.8 Å². The number of halogens is 1. The predicted octanol–water partition coefficient (Wildman–Crippen LogP) is 3.17. The van der Waals surface area contributed by atoms with Crippen LogP contribution in [0, 0.1) is 0 Å². The fourth-order valence-electron chi connectivity index (χ4n) is 1.93. The summed E-state index contributed by atoms with van der Waals surface area (Å²) in [5, 5.41) is 4.34. The Bertz CT molecular complexity index is 740. The molecule has 0 saturated heterocycles. The van der Waals surface area contributed by atoms with Gasteiger partial charge in [-0.05, 0) is 53.5 Å². The number of benzene rings is 1. The highest BCUT2D eigenvalue weighted by molar-refractivity contribution is 9.10. The molecule has 1 heterocycles. The van der Waals surface area contributed by atoms with Gasteiger partial charge in [-0.1, -0.05) is 6.92 Å². The molecular formula is C14H18BrN3O2S. The molecule has 0 fully saturated rings. The summed E-state index contributed by atoms with van der Waals surface area (Å²) < 4.78 is 27.2. The normalized spacial score (nSPS) is 13.3. The maximum Gasteiger partial charge on any atom is 0.185 e. The van der Waals surface area contributed by atoms with E-state index in [1.165, 1.54) is 6.07 Å². The zero-order chi connectivity index (χ0) is 15.6. The van der Waals surface area contributed by atoms with Crippen LogP contribution in [0.4, 0.5) is 5.69 Å². The zero-order valence-corrected chi connectivity index (χ0v) is 14.4. The highest BCUT2D eigenvalue weighted by atomic mass is 79.9. The molecule has 0 aliphatic heterocycles. The van der Waals surface area contributed by atoms with E-state index >= 15 is 0 Å². The van der Waals surface area contributed by atoms with Crippen molar-refractivity contribution < 1.29 is 8.42 Å². The summed E-state index contributed by atoms with van der Waals surface area (Å²) in [4.78, 5) is 0.231. The van der Waals surface area contributed by atoms with Gasteiger partial charge in [-0.15, -0.1) is 0 Å². The molecule has 2 aromatic rings. The van der Waals surface area contributed by atoms with Crippen LogP contribution in [0.2, 0.25) is 0 Å². The Kier molecular flexibility index (Phi) is 4.73. The lowest BCUT2D eigenvalue weighted by atomic mass is 10.3. The number of sulfone groups is 1. The lowest BCUT2D eigenvalue weighted by molar-refractivity contribution is 0.475. The molecule has 0 radical (unpaired) electrons. The van der Waals surface area contributed by atoms with Crippen LogP contribution >= 0.6 is 15.9 Å². The Morgan fingerprint density at radius 1 is 1.38 bits per heavy atom. The summed E-state index contributed by atoms with van der Waals surface area (Å²) in [6.45, 7) is 4.11. The molecule has 0 amide bonds. The van der Waals surface area contributed by atoms with E-state index in [1.807, 2.05) is 13.1 Å². The van der Waals surface area contributed by atoms with Crippen molar-refractivity contribution in [2.45, 2.75) is 37.0 Å². The van der Waals surface area contributed by atoms with Crippen LogP contribution in [0.5, 0.6) is 0 Å². The smallest absolute Gasteiger partial charge is 0.185 e. The fourth-order valence-corrected chi connectivity index (χ4v) is 4.40. The van der Waals surface area contributed by atoms with Crippen molar-refractivity contribution in [2.75, 3.05) is 5.73 Å². The molecule has 1 aromatic carbocycles. The topological polar surface area (TPSA) is 78.0 Å². The Morgan fingerprint density at radius 2 is 2.10 bits per heavy atom. The first kappa shape index (κ1) is 16.0. The number of aromatic nitrogens is 2. The summed E-state index contributed by atoms with van der Waals surface area (Å²) in [5.41, 5.74) is 6.69. The molecule has 2 N–H and O–H groups in total. The van der Waals surface area contributed by atoms with E-state index in [9.17, 15) is 8.42 Å². The molecule has 0 bridgehead atoms. The number of hydrogen-bond acceptors (Lipinski definition) is 4. The molecule has 5 nitrogen and oxygen atoms in total. The van der Waals surface area contributed by atoms with Gasteiger partial charge < -0.3 is 5.73 Å². The van der Waals surface area contributed by atoms with Crippen molar-refractivity contribution >= 4 is 31.5 Å². The van der Waals surface area contributed by atoms with Crippen LogP contribution in [-0.4, -0.2) is 18.2 Å². The van der Waals surface area contributed by atoms with Gasteiger partial charge in [-0.3, -0.25) is 4.68 Å². The van der Waals surface area contributed by atoms with Crippen molar-refractivity contribution in [3.05, 3.63) is 40.6 Å². The molecule has 7 heteroatoms. The number of nitrogen functional groups attached to an aromatic ring is 1. The molecule has 0 spiro atoms. The van der Waals surface area contributed by atoms with Gasteiger partial charge in [0.05, 0.1) is 16.3 Å². The summed E-state index contributed by atoms with van der Waals surface area (Å²) >= 11 is 3.25. The highest BCUT2D eigenvalue weighted by Gasteiger charge is 2.20. The SMILES string of the molecule is CCC(C)n1ccc(CS(=O)(=O)c2ccc(N)cc2Br)n1. The first-order valence-corrected chi connectivity index (χ1v) is 9.10. The Morgan fingerprint density at radius 3 is 2.71 bits per heavy atom. The minimum Gasteiger partial charge on any atom is -0.399 e. The van der Waals surface area contributed by atoms with Gasteiger partial charge in [0, 0.05) is 22.4 Å². The van der Waals surface area contributed by atoms with Gasteiger partial charge in [0.15, 0.2) is 9.84 Å². The molecular weight excluding hydrogens is 354 g/mol. The minimum atomic E-state index is -3.46. The second-order valence-corrected chi connectivity index (χ2v) is 7.81. The monoisotopic (exact) mass is 371 g/mol. The van der Waals surface area contributed by atoms with E-state index < -0.39 is 9.84 Å². The number of nitrogens with zero attached hydrogens (tertiary/aromatic N) is 2. The van der Waals surface area contributed by atoms with Gasteiger partial charge in [-0.25, -0.2) is 8.42 Å². The summed E-state index contributed by atoms with van der Waals surface area (Å²) in [6, 6.07) is 6.68. The van der Waals surface area contributed by atoms with Crippen molar-refractivity contribution in [2.24, 2.45) is 0 Å². The quantitative estimate of drug-likeness (QED) is 0.818. The summed E-state index contributed by atoms with van der Waals surface area (Å²) in [6.07, 6.45) is 2.76. The first-order chi connectivity index (χ1) is 9.83. The number of anilines is 1. The van der Waals surface area contributed by atoms with Gasteiger partial charge in [0.2, 0.25) is 0 Å². The molecule has 0 aliphatic rings. The lowest BCUT2D eigenvalue weighted by Gasteiger charge is -2.09. The fraction of sp³-hybridized carbons (Fsp3) is 0.357. The Labute approximate surface area is 133 Å². The second-order valence-electron chi connectivity index (χ2n) is 4.99. The molecule has 1 atom stereocenters. The van der Waals surface area contributed by atoms with E-state index in [-0.39, 0.29) is 16.7 Å².